The third-order valence-electron chi connectivity index (χ3n) is 3.03. The summed E-state index contributed by atoms with van der Waals surface area (Å²) < 4.78 is 10.6. The van der Waals surface area contributed by atoms with Crippen LogP contribution in [0.25, 0.3) is 0 Å². The van der Waals surface area contributed by atoms with Crippen LogP contribution in [-0.2, 0) is 4.79 Å². The summed E-state index contributed by atoms with van der Waals surface area (Å²) in [5.41, 5.74) is 6.25. The number of benzene rings is 1. The number of hydrogen-bond acceptors (Lipinski definition) is 4. The van der Waals surface area contributed by atoms with E-state index in [0.29, 0.717) is 23.2 Å². The quantitative estimate of drug-likeness (QED) is 0.799. The number of nitrogen functional groups attached to an aromatic ring is 1. The van der Waals surface area contributed by atoms with Gasteiger partial charge in [0.15, 0.2) is 18.1 Å². The third-order valence-corrected chi connectivity index (χ3v) is 3.03. The number of nitrogens with two attached hydrogens (primary N) is 1. The first-order valence-electron chi connectivity index (χ1n) is 5.94. The second kappa shape index (κ2) is 5.16. The van der Waals surface area contributed by atoms with Gasteiger partial charge >= 0.3 is 0 Å². The van der Waals surface area contributed by atoms with Gasteiger partial charge in [-0.1, -0.05) is 0 Å². The molecule has 0 bridgehead atoms. The number of methoxy groups -OCH3 is 1. The molecule has 0 atom stereocenters. The van der Waals surface area contributed by atoms with Gasteiger partial charge in [0.2, 0.25) is 0 Å². The first-order valence-corrected chi connectivity index (χ1v) is 5.94. The first-order chi connectivity index (χ1) is 8.61. The van der Waals surface area contributed by atoms with Crippen molar-refractivity contribution in [1.82, 2.24) is 4.90 Å². The van der Waals surface area contributed by atoms with Crippen LogP contribution in [0.2, 0.25) is 0 Å². The first kappa shape index (κ1) is 12.5. The molecule has 1 aliphatic carbocycles. The summed E-state index contributed by atoms with van der Waals surface area (Å²) in [5.74, 6) is 1.04. The Labute approximate surface area is 106 Å². The summed E-state index contributed by atoms with van der Waals surface area (Å²) in [6.45, 7) is 0.00676. The molecule has 1 aromatic carbocycles. The van der Waals surface area contributed by atoms with Gasteiger partial charge in [0.05, 0.1) is 7.11 Å². The Bertz CT molecular complexity index is 444. The average molecular weight is 250 g/mol. The van der Waals surface area contributed by atoms with Crippen molar-refractivity contribution in [3.8, 4) is 11.5 Å². The largest absolute Gasteiger partial charge is 0.493 e. The molecule has 2 rings (SSSR count). The third kappa shape index (κ3) is 2.85. The molecule has 0 aliphatic heterocycles. The number of amides is 1. The fraction of sp³-hybridized carbons (Fsp3) is 0.462. The Morgan fingerprint density at radius 1 is 1.44 bits per heavy atom. The zero-order chi connectivity index (χ0) is 13.1. The molecular formula is C13H18N2O3. The molecule has 5 nitrogen and oxygen atoms in total. The minimum absolute atomic E-state index is 0.00676. The fourth-order valence-corrected chi connectivity index (χ4v) is 1.71. The minimum atomic E-state index is -0.0259. The van der Waals surface area contributed by atoms with Gasteiger partial charge in [-0.05, 0) is 25.0 Å². The zero-order valence-electron chi connectivity index (χ0n) is 10.7. The Hall–Kier alpha value is -1.91. The van der Waals surface area contributed by atoms with Gasteiger partial charge < -0.3 is 20.1 Å². The highest BCUT2D eigenvalue weighted by Gasteiger charge is 2.29. The molecule has 0 heterocycles. The van der Waals surface area contributed by atoms with Crippen LogP contribution in [0.5, 0.6) is 11.5 Å². The van der Waals surface area contributed by atoms with Gasteiger partial charge in [0, 0.05) is 24.8 Å². The predicted molar refractivity (Wildman–Crippen MR) is 68.7 cm³/mol. The van der Waals surface area contributed by atoms with E-state index in [-0.39, 0.29) is 12.5 Å². The number of ether oxygens (including phenoxy) is 2. The maximum atomic E-state index is 11.8. The van der Waals surface area contributed by atoms with Crippen LogP contribution in [0.4, 0.5) is 5.69 Å². The molecule has 0 unspecified atom stereocenters. The van der Waals surface area contributed by atoms with Crippen LogP contribution in [0, 0.1) is 0 Å². The van der Waals surface area contributed by atoms with E-state index in [2.05, 4.69) is 0 Å². The normalized spacial score (nSPS) is 14.1. The maximum Gasteiger partial charge on any atom is 0.260 e. The maximum absolute atomic E-state index is 11.8. The second-order valence-electron chi connectivity index (χ2n) is 4.43. The number of nitrogens with zero attached hydrogens (tertiary/aromatic N) is 1. The number of carbonyl (C=O) groups excluding carboxylic acids is 1. The zero-order valence-corrected chi connectivity index (χ0v) is 10.7. The molecule has 98 valence electrons. The van der Waals surface area contributed by atoms with Gasteiger partial charge in [-0.3, -0.25) is 4.79 Å². The SMILES string of the molecule is COc1ccc(N)cc1OCC(=O)N(C)C1CC1. The Balaban J connectivity index is 1.96. The molecule has 0 saturated heterocycles. The minimum Gasteiger partial charge on any atom is -0.493 e. The van der Waals surface area contributed by atoms with Crippen LogP contribution in [0.3, 0.4) is 0 Å². The lowest BCUT2D eigenvalue weighted by Crippen LogP contribution is -2.33. The Kier molecular flexibility index (Phi) is 3.60. The monoisotopic (exact) mass is 250 g/mol. The molecule has 0 spiro atoms. The van der Waals surface area contributed by atoms with Gasteiger partial charge in [0.1, 0.15) is 0 Å². The van der Waals surface area contributed by atoms with E-state index < -0.39 is 0 Å². The van der Waals surface area contributed by atoms with Crippen LogP contribution < -0.4 is 15.2 Å². The summed E-state index contributed by atoms with van der Waals surface area (Å²) in [5, 5.41) is 0. The van der Waals surface area contributed by atoms with Crippen molar-refractivity contribution >= 4 is 11.6 Å². The molecule has 2 N–H and O–H groups in total. The highest BCUT2D eigenvalue weighted by molar-refractivity contribution is 5.78. The van der Waals surface area contributed by atoms with Crippen LogP contribution in [0.15, 0.2) is 18.2 Å². The number of likely N-dealkylation sites (N-methyl/N-ethyl adjacent to an activating group) is 1. The smallest absolute Gasteiger partial charge is 0.260 e. The lowest BCUT2D eigenvalue weighted by atomic mass is 10.3. The average Bonchev–Trinajstić information content (AvgIpc) is 3.19. The molecule has 1 saturated carbocycles. The van der Waals surface area contributed by atoms with E-state index >= 15 is 0 Å². The van der Waals surface area contributed by atoms with E-state index in [1.807, 2.05) is 0 Å². The van der Waals surface area contributed by atoms with Crippen molar-refractivity contribution in [3.63, 3.8) is 0 Å². The summed E-state index contributed by atoms with van der Waals surface area (Å²) in [6.07, 6.45) is 2.17. The van der Waals surface area contributed by atoms with E-state index in [9.17, 15) is 4.79 Å². The van der Waals surface area contributed by atoms with E-state index in [1.165, 1.54) is 0 Å². The highest BCUT2D eigenvalue weighted by Crippen LogP contribution is 2.29. The van der Waals surface area contributed by atoms with Gasteiger partial charge in [-0.15, -0.1) is 0 Å². The summed E-state index contributed by atoms with van der Waals surface area (Å²) in [6, 6.07) is 5.50. The van der Waals surface area contributed by atoms with Crippen molar-refractivity contribution in [2.45, 2.75) is 18.9 Å². The molecule has 1 fully saturated rings. The molecular weight excluding hydrogens is 232 g/mol. The lowest BCUT2D eigenvalue weighted by Gasteiger charge is -2.17. The van der Waals surface area contributed by atoms with E-state index in [1.54, 1.807) is 37.3 Å². The Morgan fingerprint density at radius 2 is 2.17 bits per heavy atom. The fourth-order valence-electron chi connectivity index (χ4n) is 1.71. The van der Waals surface area contributed by atoms with Gasteiger partial charge in [0.25, 0.3) is 5.91 Å². The Morgan fingerprint density at radius 3 is 2.78 bits per heavy atom. The summed E-state index contributed by atoms with van der Waals surface area (Å²) >= 11 is 0. The van der Waals surface area contributed by atoms with Crippen molar-refractivity contribution in [3.05, 3.63) is 18.2 Å². The van der Waals surface area contributed by atoms with Crippen molar-refractivity contribution in [2.75, 3.05) is 26.5 Å². The number of anilines is 1. The van der Waals surface area contributed by atoms with Crippen molar-refractivity contribution in [2.24, 2.45) is 0 Å². The number of rotatable bonds is 5. The standard InChI is InChI=1S/C13H18N2O3/c1-15(10-4-5-10)13(16)8-18-12-7-9(14)3-6-11(12)17-2/h3,6-7,10H,4-5,8,14H2,1-2H3. The van der Waals surface area contributed by atoms with Crippen molar-refractivity contribution < 1.29 is 14.3 Å². The van der Waals surface area contributed by atoms with E-state index in [0.717, 1.165) is 12.8 Å². The summed E-state index contributed by atoms with van der Waals surface area (Å²) in [4.78, 5) is 13.5. The molecule has 18 heavy (non-hydrogen) atoms. The highest BCUT2D eigenvalue weighted by atomic mass is 16.5. The topological polar surface area (TPSA) is 64.8 Å². The number of carbonyl (C=O) groups is 1. The van der Waals surface area contributed by atoms with Crippen LogP contribution >= 0.6 is 0 Å². The second-order valence-corrected chi connectivity index (χ2v) is 4.43. The molecule has 0 aromatic heterocycles. The van der Waals surface area contributed by atoms with Gasteiger partial charge in [-0.2, -0.15) is 0 Å². The predicted octanol–water partition coefficient (Wildman–Crippen LogP) is 1.28. The summed E-state index contributed by atoms with van der Waals surface area (Å²) in [7, 11) is 3.36. The molecule has 1 aliphatic rings. The van der Waals surface area contributed by atoms with Gasteiger partial charge in [-0.25, -0.2) is 0 Å². The van der Waals surface area contributed by atoms with Crippen LogP contribution in [0.1, 0.15) is 12.8 Å². The molecule has 0 radical (unpaired) electrons. The number of hydrogen-bond donors (Lipinski definition) is 1. The van der Waals surface area contributed by atoms with E-state index in [4.69, 9.17) is 15.2 Å². The molecule has 1 amide bonds. The molecule has 1 aromatic rings. The van der Waals surface area contributed by atoms with Crippen LogP contribution in [-0.4, -0.2) is 37.6 Å². The van der Waals surface area contributed by atoms with Crippen molar-refractivity contribution in [1.29, 1.82) is 0 Å². The molecule has 5 heteroatoms. The lowest BCUT2D eigenvalue weighted by molar-refractivity contribution is -0.132.